The van der Waals surface area contributed by atoms with Crippen LogP contribution >= 0.6 is 12.6 Å². The standard InChI is InChI=1S/C16H34OS/c1-3-5-7-8-9-10-12-13-15(17)16(18)14-11-6-4-2/h15-18H,3-14H2,1-2H3. The van der Waals surface area contributed by atoms with E-state index in [1.807, 2.05) is 0 Å². The Morgan fingerprint density at radius 2 is 1.17 bits per heavy atom. The van der Waals surface area contributed by atoms with E-state index in [0.29, 0.717) is 0 Å². The predicted molar refractivity (Wildman–Crippen MR) is 85.5 cm³/mol. The molecule has 2 heteroatoms. The van der Waals surface area contributed by atoms with Crippen molar-refractivity contribution >= 4 is 12.6 Å². The fourth-order valence-electron chi connectivity index (χ4n) is 2.30. The molecule has 0 amide bonds. The highest BCUT2D eigenvalue weighted by Crippen LogP contribution is 2.17. The minimum Gasteiger partial charge on any atom is -0.392 e. The van der Waals surface area contributed by atoms with Crippen LogP contribution in [-0.4, -0.2) is 16.5 Å². The second kappa shape index (κ2) is 13.7. The lowest BCUT2D eigenvalue weighted by atomic mass is 10.0. The summed E-state index contributed by atoms with van der Waals surface area (Å²) < 4.78 is 0. The molecule has 110 valence electrons. The lowest BCUT2D eigenvalue weighted by Crippen LogP contribution is -2.20. The van der Waals surface area contributed by atoms with E-state index in [9.17, 15) is 5.11 Å². The van der Waals surface area contributed by atoms with Crippen molar-refractivity contribution in [3.8, 4) is 0 Å². The van der Waals surface area contributed by atoms with Crippen molar-refractivity contribution in [1.29, 1.82) is 0 Å². The fourth-order valence-corrected chi connectivity index (χ4v) is 2.63. The Balaban J connectivity index is 3.31. The van der Waals surface area contributed by atoms with Crippen LogP contribution < -0.4 is 0 Å². The smallest absolute Gasteiger partial charge is 0.0656 e. The zero-order chi connectivity index (χ0) is 13.6. The molecule has 18 heavy (non-hydrogen) atoms. The summed E-state index contributed by atoms with van der Waals surface area (Å²) in [5, 5.41) is 10.2. The van der Waals surface area contributed by atoms with Crippen LogP contribution in [0.1, 0.15) is 90.9 Å². The number of rotatable bonds is 13. The van der Waals surface area contributed by atoms with Crippen LogP contribution in [0.15, 0.2) is 0 Å². The highest BCUT2D eigenvalue weighted by molar-refractivity contribution is 7.81. The van der Waals surface area contributed by atoms with Gasteiger partial charge in [0, 0.05) is 5.25 Å². The van der Waals surface area contributed by atoms with Gasteiger partial charge < -0.3 is 5.11 Å². The summed E-state index contributed by atoms with van der Waals surface area (Å²) in [6, 6.07) is 0. The Bertz CT molecular complexity index is 161. The van der Waals surface area contributed by atoms with Crippen LogP contribution in [0.3, 0.4) is 0 Å². The van der Waals surface area contributed by atoms with Crippen LogP contribution in [0.25, 0.3) is 0 Å². The Kier molecular flexibility index (Phi) is 14.0. The molecule has 2 unspecified atom stereocenters. The molecular weight excluding hydrogens is 240 g/mol. The summed E-state index contributed by atoms with van der Waals surface area (Å²) in [4.78, 5) is 0. The predicted octanol–water partition coefficient (Wildman–Crippen LogP) is 5.37. The minimum atomic E-state index is -0.194. The van der Waals surface area contributed by atoms with E-state index in [-0.39, 0.29) is 11.4 Å². The molecule has 0 heterocycles. The van der Waals surface area contributed by atoms with Crippen molar-refractivity contribution in [3.63, 3.8) is 0 Å². The molecule has 0 saturated carbocycles. The highest BCUT2D eigenvalue weighted by Gasteiger charge is 2.13. The molecule has 2 atom stereocenters. The van der Waals surface area contributed by atoms with Gasteiger partial charge in [-0.05, 0) is 12.8 Å². The number of unbranched alkanes of at least 4 members (excludes halogenated alkanes) is 8. The molecule has 0 aliphatic heterocycles. The molecule has 0 aromatic carbocycles. The lowest BCUT2D eigenvalue weighted by Gasteiger charge is -2.17. The Morgan fingerprint density at radius 1 is 0.722 bits per heavy atom. The van der Waals surface area contributed by atoms with Gasteiger partial charge in [-0.3, -0.25) is 0 Å². The normalized spacial score (nSPS) is 14.7. The summed E-state index contributed by atoms with van der Waals surface area (Å²) in [5.41, 5.74) is 0. The number of aliphatic hydroxyl groups is 1. The van der Waals surface area contributed by atoms with E-state index in [2.05, 4.69) is 26.5 Å². The molecule has 0 saturated heterocycles. The fraction of sp³-hybridized carbons (Fsp3) is 1.00. The zero-order valence-electron chi connectivity index (χ0n) is 12.5. The van der Waals surface area contributed by atoms with Gasteiger partial charge in [-0.1, -0.05) is 78.1 Å². The maximum atomic E-state index is 9.98. The van der Waals surface area contributed by atoms with Crippen molar-refractivity contribution in [2.75, 3.05) is 0 Å². The lowest BCUT2D eigenvalue weighted by molar-refractivity contribution is 0.154. The van der Waals surface area contributed by atoms with E-state index in [1.54, 1.807) is 0 Å². The van der Waals surface area contributed by atoms with E-state index in [0.717, 1.165) is 19.3 Å². The first kappa shape index (κ1) is 18.3. The van der Waals surface area contributed by atoms with Crippen LogP contribution in [0.2, 0.25) is 0 Å². The molecule has 1 nitrogen and oxygen atoms in total. The van der Waals surface area contributed by atoms with Crippen molar-refractivity contribution < 1.29 is 5.11 Å². The van der Waals surface area contributed by atoms with Crippen LogP contribution in [0.5, 0.6) is 0 Å². The molecule has 0 aliphatic carbocycles. The third-order valence-electron chi connectivity index (χ3n) is 3.65. The van der Waals surface area contributed by atoms with Gasteiger partial charge in [0.1, 0.15) is 0 Å². The minimum absolute atomic E-state index is 0.191. The van der Waals surface area contributed by atoms with Gasteiger partial charge in [0.05, 0.1) is 6.10 Å². The third-order valence-corrected chi connectivity index (χ3v) is 4.25. The number of hydrogen-bond acceptors (Lipinski definition) is 2. The van der Waals surface area contributed by atoms with Gasteiger partial charge >= 0.3 is 0 Å². The van der Waals surface area contributed by atoms with E-state index in [4.69, 9.17) is 0 Å². The van der Waals surface area contributed by atoms with Gasteiger partial charge in [-0.15, -0.1) is 0 Å². The van der Waals surface area contributed by atoms with E-state index >= 15 is 0 Å². The topological polar surface area (TPSA) is 20.2 Å². The molecule has 0 bridgehead atoms. The maximum absolute atomic E-state index is 9.98. The molecule has 0 spiro atoms. The van der Waals surface area contributed by atoms with Crippen molar-refractivity contribution in [3.05, 3.63) is 0 Å². The van der Waals surface area contributed by atoms with Crippen molar-refractivity contribution in [1.82, 2.24) is 0 Å². The quantitative estimate of drug-likeness (QED) is 0.342. The Hall–Kier alpha value is 0.310. The van der Waals surface area contributed by atoms with Gasteiger partial charge in [-0.2, -0.15) is 12.6 Å². The molecule has 0 rings (SSSR count). The molecule has 0 aromatic heterocycles. The highest BCUT2D eigenvalue weighted by atomic mass is 32.1. The van der Waals surface area contributed by atoms with Gasteiger partial charge in [-0.25, -0.2) is 0 Å². The molecule has 0 fully saturated rings. The molecule has 0 aliphatic rings. The van der Waals surface area contributed by atoms with Gasteiger partial charge in [0.2, 0.25) is 0 Å². The summed E-state index contributed by atoms with van der Waals surface area (Å²) in [5.74, 6) is 0. The van der Waals surface area contributed by atoms with Crippen LogP contribution in [0, 0.1) is 0 Å². The number of thiol groups is 1. The largest absolute Gasteiger partial charge is 0.392 e. The Morgan fingerprint density at radius 3 is 1.78 bits per heavy atom. The van der Waals surface area contributed by atoms with E-state index in [1.165, 1.54) is 57.8 Å². The average molecular weight is 275 g/mol. The molecule has 1 N–H and O–H groups in total. The monoisotopic (exact) mass is 274 g/mol. The molecular formula is C16H34OS. The van der Waals surface area contributed by atoms with E-state index < -0.39 is 0 Å². The number of hydrogen-bond donors (Lipinski definition) is 2. The van der Waals surface area contributed by atoms with Crippen LogP contribution in [-0.2, 0) is 0 Å². The van der Waals surface area contributed by atoms with Gasteiger partial charge in [0.15, 0.2) is 0 Å². The maximum Gasteiger partial charge on any atom is 0.0656 e. The van der Waals surface area contributed by atoms with Crippen LogP contribution in [0.4, 0.5) is 0 Å². The first-order valence-electron chi connectivity index (χ1n) is 8.08. The first-order valence-corrected chi connectivity index (χ1v) is 8.60. The molecule has 0 radical (unpaired) electrons. The average Bonchev–Trinajstić information content (AvgIpc) is 2.37. The van der Waals surface area contributed by atoms with Crippen molar-refractivity contribution in [2.24, 2.45) is 0 Å². The van der Waals surface area contributed by atoms with Gasteiger partial charge in [0.25, 0.3) is 0 Å². The summed E-state index contributed by atoms with van der Waals surface area (Å²) in [6.07, 6.45) is 14.7. The second-order valence-electron chi connectivity index (χ2n) is 5.54. The SMILES string of the molecule is CCCCCCCCCC(O)C(S)CCCCC. The summed E-state index contributed by atoms with van der Waals surface area (Å²) in [6.45, 7) is 4.46. The zero-order valence-corrected chi connectivity index (χ0v) is 13.4. The summed E-state index contributed by atoms with van der Waals surface area (Å²) >= 11 is 4.52. The first-order chi connectivity index (χ1) is 8.72. The molecule has 0 aromatic rings. The number of aliphatic hydroxyl groups excluding tert-OH is 1. The third kappa shape index (κ3) is 11.4. The van der Waals surface area contributed by atoms with Crippen molar-refractivity contribution in [2.45, 2.75) is 102 Å². The summed E-state index contributed by atoms with van der Waals surface area (Å²) in [7, 11) is 0. The second-order valence-corrected chi connectivity index (χ2v) is 6.20. The Labute approximate surface area is 120 Å².